The number of para-hydroxylation sites is 1. The molecule has 0 aliphatic carbocycles. The molecule has 2 N–H and O–H groups in total. The monoisotopic (exact) mass is 472 g/mol. The third-order valence-electron chi connectivity index (χ3n) is 5.39. The van der Waals surface area contributed by atoms with E-state index in [0.717, 1.165) is 10.9 Å². The zero-order valence-electron chi connectivity index (χ0n) is 18.1. The van der Waals surface area contributed by atoms with E-state index in [2.05, 4.69) is 15.0 Å². The van der Waals surface area contributed by atoms with E-state index in [9.17, 15) is 13.8 Å². The number of fused-ring (bicyclic) bond motifs is 1. The highest BCUT2D eigenvalue weighted by molar-refractivity contribution is 7.83. The highest BCUT2D eigenvalue weighted by atomic mass is 32.2. The summed E-state index contributed by atoms with van der Waals surface area (Å²) in [6, 6.07) is 16.6. The maximum absolute atomic E-state index is 13.2. The summed E-state index contributed by atoms with van der Waals surface area (Å²) < 4.78 is 20.1. The first-order chi connectivity index (χ1) is 16.5. The van der Waals surface area contributed by atoms with Crippen molar-refractivity contribution in [2.45, 2.75) is 18.2 Å². The van der Waals surface area contributed by atoms with Crippen molar-refractivity contribution in [2.75, 3.05) is 0 Å². The highest BCUT2D eigenvalue weighted by Gasteiger charge is 2.13. The van der Waals surface area contributed by atoms with Gasteiger partial charge in [0.05, 0.1) is 10.4 Å². The number of oxazole rings is 1. The van der Waals surface area contributed by atoms with Crippen molar-refractivity contribution < 1.29 is 8.63 Å². The van der Waals surface area contributed by atoms with Crippen LogP contribution in [-0.2, 0) is 17.4 Å². The number of benzene rings is 2. The van der Waals surface area contributed by atoms with Gasteiger partial charge in [-0.15, -0.1) is 0 Å². The number of hydrogen-bond acceptors (Lipinski definition) is 5. The lowest BCUT2D eigenvalue weighted by molar-refractivity contribution is 0.509. The second-order valence-corrected chi connectivity index (χ2v) is 8.89. The number of aromatic amines is 2. The Hall–Kier alpha value is -4.24. The summed E-state index contributed by atoms with van der Waals surface area (Å²) in [6.45, 7) is 1.91. The van der Waals surface area contributed by atoms with E-state index in [1.54, 1.807) is 28.4 Å². The number of H-pyrrole nitrogens is 2. The maximum atomic E-state index is 13.2. The summed E-state index contributed by atoms with van der Waals surface area (Å²) in [5.74, 6) is 0.620. The van der Waals surface area contributed by atoms with Crippen LogP contribution in [0.25, 0.3) is 23.1 Å². The minimum atomic E-state index is -1.48. The Morgan fingerprint density at radius 2 is 1.65 bits per heavy atom. The molecule has 34 heavy (non-hydrogen) atoms. The average molecular weight is 473 g/mol. The molecule has 5 rings (SSSR count). The molecule has 2 aromatic carbocycles. The van der Waals surface area contributed by atoms with Crippen LogP contribution in [0.4, 0.5) is 0 Å². The molecule has 5 aromatic rings. The Morgan fingerprint density at radius 3 is 2.38 bits per heavy atom. The third kappa shape index (κ3) is 3.97. The van der Waals surface area contributed by atoms with E-state index in [0.29, 0.717) is 28.3 Å². The van der Waals surface area contributed by atoms with Crippen LogP contribution >= 0.6 is 0 Å². The molecule has 3 heterocycles. The number of hydrogen-bond donors (Lipinski definition) is 2. The van der Waals surface area contributed by atoms with Crippen molar-refractivity contribution in [2.24, 2.45) is 0 Å². The van der Waals surface area contributed by atoms with Crippen molar-refractivity contribution in [1.82, 2.24) is 18.9 Å². The second-order valence-electron chi connectivity index (χ2n) is 7.53. The average Bonchev–Trinajstić information content (AvgIpc) is 3.46. The first-order valence-electron chi connectivity index (χ1n) is 10.6. The standard InChI is InChI=1S/C25H20N4O4S/c1-2-23-19(26-15-33-23)13-21-25(31)27-20(24(30)28-21)12-16-14-29(22-11-7-6-10-18(16)22)34(32)17-8-4-3-5-9-17/h3-15H,2H2,1H3,(H,27,31)(H,28,30)/b20-12-,21-13-. The molecule has 8 nitrogen and oxygen atoms in total. The van der Waals surface area contributed by atoms with Gasteiger partial charge in [-0.05, 0) is 30.4 Å². The van der Waals surface area contributed by atoms with Crippen molar-refractivity contribution in [1.29, 1.82) is 0 Å². The molecule has 3 aromatic heterocycles. The molecule has 0 saturated carbocycles. The van der Waals surface area contributed by atoms with Gasteiger partial charge >= 0.3 is 0 Å². The molecule has 0 spiro atoms. The van der Waals surface area contributed by atoms with E-state index in [4.69, 9.17) is 4.42 Å². The van der Waals surface area contributed by atoms with Gasteiger partial charge in [-0.3, -0.25) is 13.6 Å². The lowest BCUT2D eigenvalue weighted by atomic mass is 10.1. The summed E-state index contributed by atoms with van der Waals surface area (Å²) in [4.78, 5) is 35.5. The molecule has 9 heteroatoms. The van der Waals surface area contributed by atoms with Crippen LogP contribution in [0.2, 0.25) is 0 Å². The molecule has 1 unspecified atom stereocenters. The van der Waals surface area contributed by atoms with Gasteiger partial charge in [0.25, 0.3) is 11.1 Å². The van der Waals surface area contributed by atoms with Crippen molar-refractivity contribution in [3.8, 4) is 0 Å². The lowest BCUT2D eigenvalue weighted by Gasteiger charge is -2.04. The minimum absolute atomic E-state index is 0.0818. The van der Waals surface area contributed by atoms with Gasteiger partial charge in [-0.2, -0.15) is 0 Å². The molecule has 0 aliphatic heterocycles. The number of nitrogens with zero attached hydrogens (tertiary/aromatic N) is 2. The molecule has 170 valence electrons. The van der Waals surface area contributed by atoms with E-state index < -0.39 is 22.1 Å². The van der Waals surface area contributed by atoms with Gasteiger partial charge in [0.2, 0.25) is 0 Å². The first kappa shape index (κ1) is 21.6. The molecule has 0 bridgehead atoms. The molecule has 0 radical (unpaired) electrons. The van der Waals surface area contributed by atoms with Crippen molar-refractivity contribution >= 4 is 34.0 Å². The van der Waals surface area contributed by atoms with Gasteiger partial charge in [-0.25, -0.2) is 9.19 Å². The molecule has 0 saturated heterocycles. The zero-order valence-corrected chi connectivity index (χ0v) is 19.0. The van der Waals surface area contributed by atoms with Crippen molar-refractivity contribution in [3.05, 3.63) is 116 Å². The third-order valence-corrected chi connectivity index (χ3v) is 6.73. The van der Waals surface area contributed by atoms with E-state index in [1.165, 1.54) is 12.5 Å². The largest absolute Gasteiger partial charge is 0.448 e. The van der Waals surface area contributed by atoms with Crippen LogP contribution in [0, 0.1) is 0 Å². The molecule has 0 fully saturated rings. The summed E-state index contributed by atoms with van der Waals surface area (Å²) in [5, 5.41) is 0.975. The summed E-state index contributed by atoms with van der Waals surface area (Å²) in [5.41, 5.74) is 0.966. The smallest absolute Gasteiger partial charge is 0.272 e. The number of rotatable bonds is 5. The normalized spacial score (nSPS) is 13.6. The minimum Gasteiger partial charge on any atom is -0.448 e. The summed E-state index contributed by atoms with van der Waals surface area (Å²) in [6.07, 6.45) is 6.69. The van der Waals surface area contributed by atoms with Crippen LogP contribution in [-0.4, -0.2) is 23.1 Å². The molecule has 0 amide bonds. The van der Waals surface area contributed by atoms with Gasteiger partial charge < -0.3 is 14.4 Å². The molecular weight excluding hydrogens is 452 g/mol. The SMILES string of the molecule is CCc1ocnc1/C=c1\[nH]c(=O)/c(=C/c2cn(S(=O)c3ccccc3)c3ccccc23)[nH]c1=O. The Morgan fingerprint density at radius 1 is 0.971 bits per heavy atom. The van der Waals surface area contributed by atoms with E-state index in [-0.39, 0.29) is 10.7 Å². The number of aryl methyl sites for hydroxylation is 1. The van der Waals surface area contributed by atoms with Gasteiger partial charge in [-0.1, -0.05) is 43.3 Å². The van der Waals surface area contributed by atoms with E-state index in [1.807, 2.05) is 49.4 Å². The Balaban J connectivity index is 1.65. The topological polar surface area (TPSA) is 114 Å². The fourth-order valence-electron chi connectivity index (χ4n) is 3.73. The fourth-order valence-corrected chi connectivity index (χ4v) is 4.89. The number of aromatic nitrogens is 4. The van der Waals surface area contributed by atoms with E-state index >= 15 is 0 Å². The Labute approximate surface area is 195 Å². The van der Waals surface area contributed by atoms with Gasteiger partial charge in [0.15, 0.2) is 17.4 Å². The maximum Gasteiger partial charge on any atom is 0.272 e. The Bertz CT molecular complexity index is 1760. The van der Waals surface area contributed by atoms with Gasteiger partial charge in [0, 0.05) is 23.6 Å². The van der Waals surface area contributed by atoms with Crippen LogP contribution in [0.3, 0.4) is 0 Å². The second kappa shape index (κ2) is 8.95. The lowest BCUT2D eigenvalue weighted by Crippen LogP contribution is -2.46. The highest BCUT2D eigenvalue weighted by Crippen LogP contribution is 2.24. The predicted octanol–water partition coefficient (Wildman–Crippen LogP) is 1.80. The van der Waals surface area contributed by atoms with Crippen molar-refractivity contribution in [3.63, 3.8) is 0 Å². The van der Waals surface area contributed by atoms with Gasteiger partial charge in [0.1, 0.15) is 22.2 Å². The first-order valence-corrected chi connectivity index (χ1v) is 11.7. The summed E-state index contributed by atoms with van der Waals surface area (Å²) >= 11 is 0. The Kier molecular flexibility index (Phi) is 5.69. The fraction of sp³-hybridized carbons (Fsp3) is 0.0800. The number of nitrogens with one attached hydrogen (secondary N) is 2. The van der Waals surface area contributed by atoms with Crippen LogP contribution < -0.4 is 21.8 Å². The summed E-state index contributed by atoms with van der Waals surface area (Å²) in [7, 11) is -1.48. The quantitative estimate of drug-likeness (QED) is 0.405. The molecular formula is C25H20N4O4S. The molecule has 0 aliphatic rings. The predicted molar refractivity (Wildman–Crippen MR) is 130 cm³/mol. The zero-order chi connectivity index (χ0) is 23.7. The van der Waals surface area contributed by atoms with Crippen LogP contribution in [0.5, 0.6) is 0 Å². The van der Waals surface area contributed by atoms with Crippen LogP contribution in [0.15, 0.2) is 86.1 Å². The molecule has 1 atom stereocenters. The van der Waals surface area contributed by atoms with Crippen LogP contribution in [0.1, 0.15) is 23.9 Å².